The van der Waals surface area contributed by atoms with E-state index in [0.717, 1.165) is 16.0 Å². The summed E-state index contributed by atoms with van der Waals surface area (Å²) in [5, 5.41) is 19.8. The van der Waals surface area contributed by atoms with Crippen LogP contribution >= 0.6 is 0 Å². The summed E-state index contributed by atoms with van der Waals surface area (Å²) in [4.78, 5) is 75.7. The lowest BCUT2D eigenvalue weighted by Crippen LogP contribution is -2.56. The zero-order valence-corrected chi connectivity index (χ0v) is 37.4. The monoisotopic (exact) mass is 889 g/mol. The van der Waals surface area contributed by atoms with Gasteiger partial charge in [-0.3, -0.25) is 29.0 Å². The summed E-state index contributed by atoms with van der Waals surface area (Å²) >= 11 is 0. The Hall–Kier alpha value is -7.07. The van der Waals surface area contributed by atoms with Gasteiger partial charge in [0.25, 0.3) is 5.91 Å². The second-order valence-electron chi connectivity index (χ2n) is 16.7. The van der Waals surface area contributed by atoms with Gasteiger partial charge in [0, 0.05) is 55.1 Å². The highest BCUT2D eigenvalue weighted by molar-refractivity contribution is 6.02. The van der Waals surface area contributed by atoms with E-state index in [1.165, 1.54) is 20.2 Å². The Morgan fingerprint density at radius 2 is 1.55 bits per heavy atom. The number of nitrogens with one attached hydrogen (secondary N) is 4. The van der Waals surface area contributed by atoms with Crippen LogP contribution in [0.3, 0.4) is 0 Å². The van der Waals surface area contributed by atoms with E-state index in [9.17, 15) is 24.0 Å². The number of carbonyl (C=O) groups excluding carboxylic acids is 5. The van der Waals surface area contributed by atoms with Gasteiger partial charge in [-0.15, -0.1) is 0 Å². The average Bonchev–Trinajstić information content (AvgIpc) is 3.28. The number of hydrogen-bond donors (Lipinski definition) is 8. The van der Waals surface area contributed by atoms with Gasteiger partial charge in [-0.2, -0.15) is 5.26 Å². The van der Waals surface area contributed by atoms with E-state index in [2.05, 4.69) is 47.0 Å². The summed E-state index contributed by atoms with van der Waals surface area (Å²) in [6, 6.07) is 16.4. The summed E-state index contributed by atoms with van der Waals surface area (Å²) in [5.74, 6) is -2.71. The van der Waals surface area contributed by atoms with E-state index in [4.69, 9.17) is 37.7 Å². The number of ether oxygens (including phenoxy) is 2. The summed E-state index contributed by atoms with van der Waals surface area (Å²) in [5.41, 5.74) is 28.5. The highest BCUT2D eigenvalue weighted by Gasteiger charge is 2.36. The first-order valence-electron chi connectivity index (χ1n) is 21.3. The van der Waals surface area contributed by atoms with Gasteiger partial charge in [0.2, 0.25) is 23.6 Å². The third kappa shape index (κ3) is 12.1. The lowest BCUT2D eigenvalue weighted by molar-refractivity contribution is -0.141. The number of nitrogen functional groups attached to an aromatic ring is 1. The Morgan fingerprint density at radius 3 is 2.15 bits per heavy atom. The van der Waals surface area contributed by atoms with Gasteiger partial charge in [0.1, 0.15) is 55.4 Å². The molecule has 4 bridgehead atoms. The predicted molar refractivity (Wildman–Crippen MR) is 246 cm³/mol. The summed E-state index contributed by atoms with van der Waals surface area (Å²) < 4.78 is 12.2. The van der Waals surface area contributed by atoms with Gasteiger partial charge < -0.3 is 58.6 Å². The molecule has 65 heavy (non-hydrogen) atoms. The van der Waals surface area contributed by atoms with Crippen molar-refractivity contribution in [3.05, 3.63) is 95.2 Å². The minimum atomic E-state index is -1.41. The molecule has 0 spiro atoms. The summed E-state index contributed by atoms with van der Waals surface area (Å²) in [7, 11) is 1.40. The van der Waals surface area contributed by atoms with Crippen LogP contribution in [-0.2, 0) is 31.0 Å². The van der Waals surface area contributed by atoms with E-state index in [0.29, 0.717) is 39.4 Å². The molecule has 1 aromatic heterocycles. The molecule has 0 aliphatic carbocycles. The second-order valence-corrected chi connectivity index (χ2v) is 16.7. The Morgan fingerprint density at radius 1 is 0.908 bits per heavy atom. The number of pyridine rings is 1. The average molecular weight is 890 g/mol. The number of carbonyl (C=O) groups is 5. The fourth-order valence-electron chi connectivity index (χ4n) is 7.33. The van der Waals surface area contributed by atoms with E-state index in [1.807, 2.05) is 30.3 Å². The van der Waals surface area contributed by atoms with Gasteiger partial charge >= 0.3 is 0 Å². The third-order valence-corrected chi connectivity index (χ3v) is 10.8. The minimum absolute atomic E-state index is 0.00204. The number of likely N-dealkylation sites (N-methyl/N-ethyl adjacent to an activating group) is 1. The number of benzene rings is 3. The topological polar surface area (TPSA) is 296 Å². The van der Waals surface area contributed by atoms with Crippen molar-refractivity contribution >= 4 is 35.2 Å². The molecule has 0 saturated heterocycles. The quantitative estimate of drug-likeness (QED) is 0.0792. The van der Waals surface area contributed by atoms with Gasteiger partial charge in [-0.25, -0.2) is 0 Å². The number of anilines is 1. The maximum absolute atomic E-state index is 14.6. The van der Waals surface area contributed by atoms with Crippen LogP contribution < -0.4 is 53.7 Å². The zero-order valence-electron chi connectivity index (χ0n) is 37.4. The first-order chi connectivity index (χ1) is 31.0. The maximum atomic E-state index is 14.6. The highest BCUT2D eigenvalue weighted by atomic mass is 16.5. The standard InChI is InChI=1S/C47H59N11O7/c1-27-42(59)57-38(44(61)53-19-16-49)23-28-6-12-39(64-20-17-50)32(22-28)33-24-30(9-13-40(33)65-21-18-51)41(45(62)55-27)58(5)46(63)36(14-15-48)56-43(60)34-26-54-37(25-35(34)52)29-7-10-31(11-8-29)47(2,3)4/h6-13,22,24-27,36,38,41H,14-15,17-21,23,48,50-51H2,1-5H3,(H2,52,54)(H,53,61)(H,55,62)(H,56,60)(H,57,59)/t27-,36-,38-,41-/m0/s1. The summed E-state index contributed by atoms with van der Waals surface area (Å²) in [6.07, 6.45) is 1.32. The molecule has 1 aliphatic rings. The van der Waals surface area contributed by atoms with Crippen molar-refractivity contribution < 1.29 is 33.4 Å². The Bertz CT molecular complexity index is 2410. The number of amides is 5. The molecule has 4 aromatic rings. The first kappa shape index (κ1) is 49.0. The van der Waals surface area contributed by atoms with Crippen LogP contribution in [0.15, 0.2) is 72.9 Å². The van der Waals surface area contributed by atoms with Crippen LogP contribution in [0.1, 0.15) is 67.2 Å². The molecule has 2 heterocycles. The largest absolute Gasteiger partial charge is 0.492 e. The summed E-state index contributed by atoms with van der Waals surface area (Å²) in [6.45, 7) is 8.12. The normalized spacial score (nSPS) is 16.7. The van der Waals surface area contributed by atoms with Crippen LogP contribution in [-0.4, -0.2) is 104 Å². The molecule has 1 aliphatic heterocycles. The van der Waals surface area contributed by atoms with Gasteiger partial charge in [0.05, 0.1) is 17.3 Å². The molecule has 0 radical (unpaired) electrons. The van der Waals surface area contributed by atoms with Crippen LogP contribution in [0.25, 0.3) is 22.4 Å². The number of rotatable bonds is 15. The minimum Gasteiger partial charge on any atom is -0.492 e. The zero-order chi connectivity index (χ0) is 47.4. The van der Waals surface area contributed by atoms with Crippen LogP contribution in [0, 0.1) is 11.3 Å². The lowest BCUT2D eigenvalue weighted by Gasteiger charge is -2.32. The highest BCUT2D eigenvalue weighted by Crippen LogP contribution is 2.40. The van der Waals surface area contributed by atoms with Crippen molar-refractivity contribution in [1.29, 1.82) is 5.26 Å². The fraction of sp³-hybridized carbons (Fsp3) is 0.383. The van der Waals surface area contributed by atoms with Gasteiger partial charge in [-0.05, 0) is 72.3 Å². The van der Waals surface area contributed by atoms with Crippen LogP contribution in [0.2, 0.25) is 0 Å². The number of nitriles is 1. The second kappa shape index (κ2) is 22.0. The van der Waals surface area contributed by atoms with Crippen molar-refractivity contribution in [2.24, 2.45) is 17.2 Å². The van der Waals surface area contributed by atoms with E-state index in [-0.39, 0.29) is 68.9 Å². The molecule has 12 N–H and O–H groups in total. The number of nitrogens with two attached hydrogens (primary N) is 4. The van der Waals surface area contributed by atoms with Crippen molar-refractivity contribution in [3.63, 3.8) is 0 Å². The third-order valence-electron chi connectivity index (χ3n) is 10.8. The van der Waals surface area contributed by atoms with E-state index in [1.54, 1.807) is 42.5 Å². The van der Waals surface area contributed by atoms with Crippen molar-refractivity contribution in [1.82, 2.24) is 31.2 Å². The Balaban J connectivity index is 1.55. The number of hydrogen-bond acceptors (Lipinski definition) is 13. The molecule has 0 fully saturated rings. The predicted octanol–water partition coefficient (Wildman–Crippen LogP) is 1.80. The smallest absolute Gasteiger partial charge is 0.255 e. The number of fused-ring (bicyclic) bond motifs is 5. The molecular weight excluding hydrogens is 831 g/mol. The molecule has 4 atom stereocenters. The molecule has 3 aromatic carbocycles. The van der Waals surface area contributed by atoms with Crippen molar-refractivity contribution in [2.45, 2.75) is 70.1 Å². The van der Waals surface area contributed by atoms with E-state index >= 15 is 0 Å². The fourth-order valence-corrected chi connectivity index (χ4v) is 7.33. The molecule has 0 saturated carbocycles. The van der Waals surface area contributed by atoms with Crippen LogP contribution in [0.4, 0.5) is 5.69 Å². The van der Waals surface area contributed by atoms with E-state index < -0.39 is 53.7 Å². The maximum Gasteiger partial charge on any atom is 0.255 e. The Labute approximate surface area is 378 Å². The number of nitrogens with zero attached hydrogens (tertiary/aromatic N) is 3. The lowest BCUT2D eigenvalue weighted by atomic mass is 9.86. The SMILES string of the molecule is C[C@@H]1NC(=O)[C@@H](N(C)C(=O)[C@H](CCN)NC(=O)c2cnc(-c3ccc(C(C)(C)C)cc3)cc2N)c2ccc(OCCN)c(c2)-c2cc(ccc2OCCN)C[C@@H](C(=O)NCC#N)NC1=O. The molecule has 0 unspecified atom stereocenters. The molecule has 5 rings (SSSR count). The van der Waals surface area contributed by atoms with Crippen LogP contribution in [0.5, 0.6) is 11.5 Å². The molecule has 18 nitrogen and oxygen atoms in total. The molecule has 18 heteroatoms. The van der Waals surface area contributed by atoms with Gasteiger partial charge in [-0.1, -0.05) is 57.2 Å². The van der Waals surface area contributed by atoms with Crippen molar-refractivity contribution in [3.8, 4) is 40.0 Å². The first-order valence-corrected chi connectivity index (χ1v) is 21.3. The van der Waals surface area contributed by atoms with Crippen molar-refractivity contribution in [2.75, 3.05) is 52.2 Å². The Kier molecular flexibility index (Phi) is 16.6. The molecular formula is C47H59N11O7. The van der Waals surface area contributed by atoms with Gasteiger partial charge in [0.15, 0.2) is 0 Å². The molecule has 344 valence electrons. The molecule has 5 amide bonds. The number of aromatic nitrogens is 1.